The lowest BCUT2D eigenvalue weighted by Gasteiger charge is -2.33. The molecule has 51 heavy (non-hydrogen) atoms. The van der Waals surface area contributed by atoms with Gasteiger partial charge in [-0.2, -0.15) is 0 Å². The number of pyridine rings is 1. The summed E-state index contributed by atoms with van der Waals surface area (Å²) < 4.78 is 6.82. The SMILES string of the molecule is c1ccc(C2=NC(c3ccccc3)[N-]C(c3ccccc3-c3ccc(-c4ccc5ccccc5c4)c4oc5cc6ccccc6nc5c34)=N2)cc1. The molecule has 0 spiro atoms. The molecule has 1 atom stereocenters. The van der Waals surface area contributed by atoms with Crippen LogP contribution in [-0.4, -0.2) is 16.7 Å². The van der Waals surface area contributed by atoms with Crippen LogP contribution in [0.4, 0.5) is 0 Å². The summed E-state index contributed by atoms with van der Waals surface area (Å²) in [6.45, 7) is 0. The quantitative estimate of drug-likeness (QED) is 0.185. The van der Waals surface area contributed by atoms with Gasteiger partial charge in [-0.05, 0) is 68.4 Å². The Kier molecular flexibility index (Phi) is 6.81. The Morgan fingerprint density at radius 1 is 0.510 bits per heavy atom. The molecule has 0 saturated carbocycles. The fraction of sp³-hybridized carbons (Fsp3) is 0.0217. The number of aromatic nitrogens is 1. The van der Waals surface area contributed by atoms with Gasteiger partial charge in [0, 0.05) is 10.9 Å². The molecule has 2 aromatic heterocycles. The van der Waals surface area contributed by atoms with Gasteiger partial charge in [-0.15, -0.1) is 0 Å². The smallest absolute Gasteiger partial charge is 0.154 e. The largest absolute Gasteiger partial charge is 0.454 e. The summed E-state index contributed by atoms with van der Waals surface area (Å²) >= 11 is 0. The topological polar surface area (TPSA) is 64.8 Å². The first-order chi connectivity index (χ1) is 25.3. The van der Waals surface area contributed by atoms with Crippen LogP contribution in [0.2, 0.25) is 0 Å². The first-order valence-electron chi connectivity index (χ1n) is 17.1. The first kappa shape index (κ1) is 29.1. The van der Waals surface area contributed by atoms with E-state index in [4.69, 9.17) is 24.7 Å². The van der Waals surface area contributed by atoms with Gasteiger partial charge in [0.25, 0.3) is 0 Å². The van der Waals surface area contributed by atoms with Crippen molar-refractivity contribution in [3.8, 4) is 22.3 Å². The zero-order valence-corrected chi connectivity index (χ0v) is 27.4. The average molecular weight is 654 g/mol. The lowest BCUT2D eigenvalue weighted by atomic mass is 9.92. The third-order valence-corrected chi connectivity index (χ3v) is 9.64. The van der Waals surface area contributed by atoms with Gasteiger partial charge in [-0.25, -0.2) is 4.98 Å². The second-order valence-corrected chi connectivity index (χ2v) is 12.8. The minimum absolute atomic E-state index is 0.431. The van der Waals surface area contributed by atoms with Gasteiger partial charge in [0.15, 0.2) is 5.58 Å². The summed E-state index contributed by atoms with van der Waals surface area (Å²) in [6.07, 6.45) is -0.431. The zero-order valence-electron chi connectivity index (χ0n) is 27.4. The second-order valence-electron chi connectivity index (χ2n) is 12.8. The Morgan fingerprint density at radius 2 is 1.20 bits per heavy atom. The summed E-state index contributed by atoms with van der Waals surface area (Å²) in [5.74, 6) is 1.29. The highest BCUT2D eigenvalue weighted by Gasteiger charge is 2.22. The minimum atomic E-state index is -0.431. The average Bonchev–Trinajstić information content (AvgIpc) is 3.58. The summed E-state index contributed by atoms with van der Waals surface area (Å²) in [4.78, 5) is 15.3. The first-order valence-corrected chi connectivity index (χ1v) is 17.1. The van der Waals surface area contributed by atoms with Crippen LogP contribution < -0.4 is 0 Å². The summed E-state index contributed by atoms with van der Waals surface area (Å²) in [6, 6.07) is 58.3. The van der Waals surface area contributed by atoms with Gasteiger partial charge >= 0.3 is 0 Å². The molecule has 1 aliphatic rings. The molecule has 5 nitrogen and oxygen atoms in total. The summed E-state index contributed by atoms with van der Waals surface area (Å²) in [5, 5.41) is 9.55. The van der Waals surface area contributed by atoms with Crippen molar-refractivity contribution < 1.29 is 4.42 Å². The maximum Gasteiger partial charge on any atom is 0.154 e. The van der Waals surface area contributed by atoms with Crippen LogP contribution in [-0.2, 0) is 0 Å². The van der Waals surface area contributed by atoms with Gasteiger partial charge in [-0.1, -0.05) is 151 Å². The van der Waals surface area contributed by atoms with Crippen LogP contribution in [0.25, 0.3) is 71.3 Å². The second kappa shape index (κ2) is 11.9. The third kappa shape index (κ3) is 5.06. The van der Waals surface area contributed by atoms with E-state index in [2.05, 4.69) is 103 Å². The lowest BCUT2D eigenvalue weighted by Crippen LogP contribution is -2.16. The van der Waals surface area contributed by atoms with Crippen molar-refractivity contribution in [1.82, 2.24) is 4.98 Å². The van der Waals surface area contributed by atoms with Crippen molar-refractivity contribution in [1.29, 1.82) is 0 Å². The number of para-hydroxylation sites is 1. The molecule has 0 saturated heterocycles. The number of benzene rings is 7. The van der Waals surface area contributed by atoms with Crippen LogP contribution in [0.5, 0.6) is 0 Å². The van der Waals surface area contributed by atoms with Crippen LogP contribution in [0, 0.1) is 0 Å². The molecule has 7 aromatic carbocycles. The van der Waals surface area contributed by atoms with Crippen molar-refractivity contribution in [2.24, 2.45) is 9.98 Å². The highest BCUT2D eigenvalue weighted by Crippen LogP contribution is 2.44. The van der Waals surface area contributed by atoms with E-state index < -0.39 is 6.17 Å². The molecule has 0 radical (unpaired) electrons. The van der Waals surface area contributed by atoms with Gasteiger partial charge in [0.05, 0.1) is 22.9 Å². The fourth-order valence-electron chi connectivity index (χ4n) is 7.16. The molecule has 0 bridgehead atoms. The molecule has 0 fully saturated rings. The fourth-order valence-corrected chi connectivity index (χ4v) is 7.16. The van der Waals surface area contributed by atoms with E-state index in [9.17, 15) is 0 Å². The molecule has 9 aromatic rings. The van der Waals surface area contributed by atoms with Gasteiger partial charge < -0.3 is 14.7 Å². The van der Waals surface area contributed by atoms with E-state index in [1.165, 1.54) is 10.8 Å². The van der Waals surface area contributed by atoms with E-state index in [0.717, 1.165) is 71.9 Å². The van der Waals surface area contributed by atoms with Crippen molar-refractivity contribution >= 4 is 55.4 Å². The number of fused-ring (bicyclic) bond motifs is 5. The van der Waals surface area contributed by atoms with Crippen molar-refractivity contribution in [3.05, 3.63) is 192 Å². The highest BCUT2D eigenvalue weighted by atomic mass is 16.3. The summed E-state index contributed by atoms with van der Waals surface area (Å²) in [7, 11) is 0. The molecule has 3 heterocycles. The Labute approximate surface area is 294 Å². The number of aliphatic imine (C=N–C) groups is 2. The van der Waals surface area contributed by atoms with Gasteiger partial charge in [0.1, 0.15) is 11.1 Å². The minimum Gasteiger partial charge on any atom is -0.454 e. The highest BCUT2D eigenvalue weighted by molar-refractivity contribution is 6.23. The Balaban J connectivity index is 1.21. The number of rotatable bonds is 5. The Hall–Kier alpha value is -6.85. The number of furan rings is 1. The maximum atomic E-state index is 6.82. The molecule has 1 aliphatic heterocycles. The lowest BCUT2D eigenvalue weighted by molar-refractivity contribution is 0.670. The van der Waals surface area contributed by atoms with E-state index in [1.807, 2.05) is 66.7 Å². The Morgan fingerprint density at radius 3 is 2.04 bits per heavy atom. The summed E-state index contributed by atoms with van der Waals surface area (Å²) in [5.41, 5.74) is 10.3. The van der Waals surface area contributed by atoms with E-state index in [1.54, 1.807) is 0 Å². The van der Waals surface area contributed by atoms with Gasteiger partial charge in [0.2, 0.25) is 0 Å². The van der Waals surface area contributed by atoms with Crippen LogP contribution in [0.1, 0.15) is 22.9 Å². The third-order valence-electron chi connectivity index (χ3n) is 9.64. The monoisotopic (exact) mass is 653 g/mol. The van der Waals surface area contributed by atoms with E-state index in [-0.39, 0.29) is 0 Å². The van der Waals surface area contributed by atoms with Crippen molar-refractivity contribution in [2.45, 2.75) is 6.17 Å². The van der Waals surface area contributed by atoms with Gasteiger partial charge in [-0.3, -0.25) is 4.99 Å². The molecule has 5 heteroatoms. The van der Waals surface area contributed by atoms with E-state index >= 15 is 0 Å². The van der Waals surface area contributed by atoms with Crippen molar-refractivity contribution in [2.75, 3.05) is 0 Å². The molecular weight excluding hydrogens is 625 g/mol. The Bertz CT molecular complexity index is 2840. The molecule has 10 rings (SSSR count). The van der Waals surface area contributed by atoms with Crippen LogP contribution in [0.15, 0.2) is 184 Å². The number of hydrogen-bond donors (Lipinski definition) is 0. The number of amidine groups is 2. The van der Waals surface area contributed by atoms with Crippen LogP contribution in [0.3, 0.4) is 0 Å². The number of nitrogens with zero attached hydrogens (tertiary/aromatic N) is 4. The zero-order chi connectivity index (χ0) is 33.7. The molecule has 240 valence electrons. The normalized spacial score (nSPS) is 14.5. The van der Waals surface area contributed by atoms with Crippen LogP contribution >= 0.6 is 0 Å². The van der Waals surface area contributed by atoms with Crippen molar-refractivity contribution in [3.63, 3.8) is 0 Å². The maximum absolute atomic E-state index is 6.82. The number of hydrogen-bond acceptors (Lipinski definition) is 4. The molecule has 0 aliphatic carbocycles. The van der Waals surface area contributed by atoms with E-state index in [0.29, 0.717) is 11.7 Å². The molecule has 1 unspecified atom stereocenters. The molecular formula is C46H29N4O-. The standard InChI is InChI=1S/C46H29N4O/c1-3-14-30(15-4-1)44-48-45(31-16-5-2-6-17-31)50-46(49-44)38-21-11-10-20-36(38)37-26-25-35(33-24-23-29-13-7-8-18-32(29)27-33)43-41(37)42-40(51-43)28-34-19-9-12-22-39(34)47-42/h1-28,44H/q-1. The molecule has 0 N–H and O–H groups in total. The molecule has 0 amide bonds. The predicted molar refractivity (Wildman–Crippen MR) is 209 cm³/mol. The predicted octanol–water partition coefficient (Wildman–Crippen LogP) is 11.9.